The van der Waals surface area contributed by atoms with Gasteiger partial charge in [-0.1, -0.05) is 36.4 Å². The molecule has 138 valence electrons. The molecule has 5 nitrogen and oxygen atoms in total. The Hall–Kier alpha value is -3.08. The molecule has 0 bridgehead atoms. The van der Waals surface area contributed by atoms with Gasteiger partial charge in [0.2, 0.25) is 0 Å². The Bertz CT molecular complexity index is 925. The summed E-state index contributed by atoms with van der Waals surface area (Å²) in [5.74, 6) is 2.52. The highest BCUT2D eigenvalue weighted by Gasteiger charge is 2.17. The molecule has 1 aliphatic heterocycles. The van der Waals surface area contributed by atoms with E-state index in [9.17, 15) is 0 Å². The van der Waals surface area contributed by atoms with E-state index in [4.69, 9.17) is 4.74 Å². The van der Waals surface area contributed by atoms with Gasteiger partial charge in [-0.3, -0.25) is 0 Å². The maximum absolute atomic E-state index is 5.89. The van der Waals surface area contributed by atoms with Gasteiger partial charge in [-0.05, 0) is 43.5 Å². The largest absolute Gasteiger partial charge is 0.489 e. The van der Waals surface area contributed by atoms with Crippen molar-refractivity contribution in [2.24, 2.45) is 0 Å². The average Bonchev–Trinajstić information content (AvgIpc) is 2.69. The molecular weight excluding hydrogens is 336 g/mol. The predicted octanol–water partition coefficient (Wildman–Crippen LogP) is 4.57. The molecule has 4 rings (SSSR count). The van der Waals surface area contributed by atoms with Crippen LogP contribution in [-0.2, 0) is 13.0 Å². The van der Waals surface area contributed by atoms with Crippen molar-refractivity contribution in [3.05, 3.63) is 72.1 Å². The molecule has 2 aromatic carbocycles. The van der Waals surface area contributed by atoms with E-state index in [0.29, 0.717) is 0 Å². The summed E-state index contributed by atoms with van der Waals surface area (Å²) < 4.78 is 5.89. The molecule has 0 saturated heterocycles. The molecule has 27 heavy (non-hydrogen) atoms. The summed E-state index contributed by atoms with van der Waals surface area (Å²) >= 11 is 0. The van der Waals surface area contributed by atoms with Crippen molar-refractivity contribution in [1.29, 1.82) is 0 Å². The van der Waals surface area contributed by atoms with Crippen LogP contribution in [0.4, 0.5) is 17.3 Å². The second-order valence-corrected chi connectivity index (χ2v) is 6.99. The number of ether oxygens (including phenoxy) is 1. The number of hydrogen-bond acceptors (Lipinski definition) is 5. The van der Waals surface area contributed by atoms with Crippen LogP contribution in [0.1, 0.15) is 25.0 Å². The molecule has 0 aliphatic carbocycles. The van der Waals surface area contributed by atoms with E-state index >= 15 is 0 Å². The van der Waals surface area contributed by atoms with Gasteiger partial charge >= 0.3 is 0 Å². The lowest BCUT2D eigenvalue weighted by molar-refractivity contribution is 0.244. The van der Waals surface area contributed by atoms with Gasteiger partial charge in [0.1, 0.15) is 23.7 Å². The van der Waals surface area contributed by atoms with Gasteiger partial charge in [-0.15, -0.1) is 0 Å². The van der Waals surface area contributed by atoms with Crippen LogP contribution >= 0.6 is 0 Å². The van der Waals surface area contributed by atoms with Crippen molar-refractivity contribution < 1.29 is 4.74 Å². The van der Waals surface area contributed by atoms with Gasteiger partial charge < -0.3 is 15.0 Å². The third-order valence-corrected chi connectivity index (χ3v) is 4.62. The van der Waals surface area contributed by atoms with E-state index in [-0.39, 0.29) is 6.10 Å². The van der Waals surface area contributed by atoms with Crippen LogP contribution < -0.4 is 15.0 Å². The standard InChI is InChI=1S/C22H24N4O/c1-16(2)27-20-10-6-5-9-19(20)25-21-13-22(24-15-23-21)26-12-11-17-7-3-4-8-18(17)14-26/h3-10,13,15-16H,11-12,14H2,1-2H3,(H,23,24,25). The summed E-state index contributed by atoms with van der Waals surface area (Å²) in [6.07, 6.45) is 2.76. The van der Waals surface area contributed by atoms with Crippen molar-refractivity contribution >= 4 is 17.3 Å². The Morgan fingerprint density at radius 3 is 2.63 bits per heavy atom. The van der Waals surface area contributed by atoms with Gasteiger partial charge in [-0.25, -0.2) is 9.97 Å². The van der Waals surface area contributed by atoms with Crippen molar-refractivity contribution in [3.63, 3.8) is 0 Å². The summed E-state index contributed by atoms with van der Waals surface area (Å²) in [5, 5.41) is 3.37. The molecule has 0 amide bonds. The highest BCUT2D eigenvalue weighted by molar-refractivity contribution is 5.65. The van der Waals surface area contributed by atoms with Gasteiger partial charge in [0.25, 0.3) is 0 Å². The Morgan fingerprint density at radius 2 is 1.78 bits per heavy atom. The van der Waals surface area contributed by atoms with Crippen molar-refractivity contribution in [2.75, 3.05) is 16.8 Å². The highest BCUT2D eigenvalue weighted by Crippen LogP contribution is 2.29. The summed E-state index contributed by atoms with van der Waals surface area (Å²) in [7, 11) is 0. The van der Waals surface area contributed by atoms with Crippen LogP contribution in [-0.4, -0.2) is 22.6 Å². The first-order valence-corrected chi connectivity index (χ1v) is 9.35. The smallest absolute Gasteiger partial charge is 0.143 e. The van der Waals surface area contributed by atoms with Crippen LogP contribution in [0, 0.1) is 0 Å². The zero-order valence-electron chi connectivity index (χ0n) is 15.7. The predicted molar refractivity (Wildman–Crippen MR) is 109 cm³/mol. The van der Waals surface area contributed by atoms with Crippen LogP contribution in [0.3, 0.4) is 0 Å². The third-order valence-electron chi connectivity index (χ3n) is 4.62. The number of rotatable bonds is 5. The highest BCUT2D eigenvalue weighted by atomic mass is 16.5. The lowest BCUT2D eigenvalue weighted by atomic mass is 10.00. The second-order valence-electron chi connectivity index (χ2n) is 6.99. The maximum Gasteiger partial charge on any atom is 0.143 e. The number of nitrogens with zero attached hydrogens (tertiary/aromatic N) is 3. The van der Waals surface area contributed by atoms with Crippen LogP contribution in [0.5, 0.6) is 5.75 Å². The molecule has 0 atom stereocenters. The van der Waals surface area contributed by atoms with Gasteiger partial charge in [0.15, 0.2) is 0 Å². The Morgan fingerprint density at radius 1 is 1.00 bits per heavy atom. The zero-order valence-corrected chi connectivity index (χ0v) is 15.7. The minimum absolute atomic E-state index is 0.113. The molecule has 1 aromatic heterocycles. The lowest BCUT2D eigenvalue weighted by Gasteiger charge is -2.29. The van der Waals surface area contributed by atoms with Crippen molar-refractivity contribution in [3.8, 4) is 5.75 Å². The number of hydrogen-bond donors (Lipinski definition) is 1. The minimum Gasteiger partial charge on any atom is -0.489 e. The molecule has 5 heteroatoms. The SMILES string of the molecule is CC(C)Oc1ccccc1Nc1cc(N2CCc3ccccc3C2)ncn1. The molecule has 1 aliphatic rings. The molecule has 0 spiro atoms. The molecule has 0 saturated carbocycles. The normalized spacial score (nSPS) is 13.4. The van der Waals surface area contributed by atoms with Crippen molar-refractivity contribution in [2.45, 2.75) is 32.9 Å². The van der Waals surface area contributed by atoms with Gasteiger partial charge in [0, 0.05) is 19.2 Å². The number of para-hydroxylation sites is 2. The Balaban J connectivity index is 1.54. The first kappa shape index (κ1) is 17.3. The number of benzene rings is 2. The first-order valence-electron chi connectivity index (χ1n) is 9.35. The molecule has 2 heterocycles. The molecule has 0 unspecified atom stereocenters. The number of aromatic nitrogens is 2. The molecular formula is C22H24N4O. The number of anilines is 3. The Kier molecular flexibility index (Phi) is 4.92. The van der Waals surface area contributed by atoms with E-state index in [1.165, 1.54) is 11.1 Å². The topological polar surface area (TPSA) is 50.3 Å². The maximum atomic E-state index is 5.89. The minimum atomic E-state index is 0.113. The Labute approximate surface area is 160 Å². The fourth-order valence-corrected chi connectivity index (χ4v) is 3.34. The van der Waals surface area contributed by atoms with E-state index in [0.717, 1.165) is 42.6 Å². The second kappa shape index (κ2) is 7.66. The fourth-order valence-electron chi connectivity index (χ4n) is 3.34. The monoisotopic (exact) mass is 360 g/mol. The van der Waals surface area contributed by atoms with E-state index in [1.54, 1.807) is 6.33 Å². The van der Waals surface area contributed by atoms with Gasteiger partial charge in [0.05, 0.1) is 11.8 Å². The molecule has 1 N–H and O–H groups in total. The van der Waals surface area contributed by atoms with Crippen molar-refractivity contribution in [1.82, 2.24) is 9.97 Å². The number of nitrogens with one attached hydrogen (secondary N) is 1. The fraction of sp³-hybridized carbons (Fsp3) is 0.273. The third kappa shape index (κ3) is 4.03. The molecule has 3 aromatic rings. The average molecular weight is 360 g/mol. The summed E-state index contributed by atoms with van der Waals surface area (Å²) in [6, 6.07) is 18.5. The van der Waals surface area contributed by atoms with Crippen LogP contribution in [0.2, 0.25) is 0 Å². The summed E-state index contributed by atoms with van der Waals surface area (Å²) in [6.45, 7) is 5.88. The van der Waals surface area contributed by atoms with E-state index in [1.807, 2.05) is 44.2 Å². The molecule has 0 radical (unpaired) electrons. The first-order chi connectivity index (χ1) is 13.2. The zero-order chi connectivity index (χ0) is 18.6. The van der Waals surface area contributed by atoms with Gasteiger partial charge in [-0.2, -0.15) is 0 Å². The van der Waals surface area contributed by atoms with E-state index < -0.39 is 0 Å². The summed E-state index contributed by atoms with van der Waals surface area (Å²) in [5.41, 5.74) is 3.70. The van der Waals surface area contributed by atoms with Crippen LogP contribution in [0.15, 0.2) is 60.9 Å². The summed E-state index contributed by atoms with van der Waals surface area (Å²) in [4.78, 5) is 11.2. The number of fused-ring (bicyclic) bond motifs is 1. The quantitative estimate of drug-likeness (QED) is 0.722. The lowest BCUT2D eigenvalue weighted by Crippen LogP contribution is -2.31. The molecule has 0 fully saturated rings. The van der Waals surface area contributed by atoms with Crippen LogP contribution in [0.25, 0.3) is 0 Å². The van der Waals surface area contributed by atoms with E-state index in [2.05, 4.69) is 44.5 Å².